The van der Waals surface area contributed by atoms with Crippen molar-refractivity contribution in [3.8, 4) is 0 Å². The van der Waals surface area contributed by atoms with Gasteiger partial charge in [0, 0.05) is 30.2 Å². The van der Waals surface area contributed by atoms with Crippen LogP contribution in [-0.4, -0.2) is 15.0 Å². The molecule has 0 aliphatic heterocycles. The predicted molar refractivity (Wildman–Crippen MR) is 101 cm³/mol. The maximum absolute atomic E-state index is 4.66. The monoisotopic (exact) mass is 325 g/mol. The molecule has 130 valence electrons. The summed E-state index contributed by atoms with van der Waals surface area (Å²) in [6.07, 6.45) is 8.26. The molecule has 0 N–H and O–H groups in total. The first-order valence-corrected chi connectivity index (χ1v) is 9.16. The summed E-state index contributed by atoms with van der Waals surface area (Å²) < 4.78 is 0. The Kier molecular flexibility index (Phi) is 6.47. The molecule has 24 heavy (non-hydrogen) atoms. The summed E-state index contributed by atoms with van der Waals surface area (Å²) in [5, 5.41) is 0. The van der Waals surface area contributed by atoms with Crippen molar-refractivity contribution in [2.75, 3.05) is 0 Å². The van der Waals surface area contributed by atoms with E-state index < -0.39 is 0 Å². The van der Waals surface area contributed by atoms with E-state index in [0.29, 0.717) is 23.7 Å². The third kappa shape index (κ3) is 4.86. The molecular weight excluding hydrogens is 294 g/mol. The highest BCUT2D eigenvalue weighted by Crippen LogP contribution is 2.27. The molecule has 2 heterocycles. The van der Waals surface area contributed by atoms with Crippen molar-refractivity contribution in [3.63, 3.8) is 0 Å². The average molecular weight is 326 g/mol. The number of pyridine rings is 1. The number of aromatic nitrogens is 3. The quantitative estimate of drug-likeness (QED) is 0.645. The minimum atomic E-state index is 0.384. The fourth-order valence-electron chi connectivity index (χ4n) is 2.76. The second-order valence-electron chi connectivity index (χ2n) is 7.58. The lowest BCUT2D eigenvalue weighted by Gasteiger charge is -2.16. The first-order valence-electron chi connectivity index (χ1n) is 9.16. The highest BCUT2D eigenvalue weighted by molar-refractivity contribution is 5.19. The van der Waals surface area contributed by atoms with E-state index in [2.05, 4.69) is 68.6 Å². The molecule has 3 heteroatoms. The zero-order valence-electron chi connectivity index (χ0n) is 16.0. The normalized spacial score (nSPS) is 14.2. The van der Waals surface area contributed by atoms with E-state index in [0.717, 1.165) is 18.7 Å². The molecule has 0 bridgehead atoms. The number of hydrogen-bond donors (Lipinski definition) is 0. The smallest absolute Gasteiger partial charge is 0.130 e. The maximum atomic E-state index is 4.66. The molecule has 0 spiro atoms. The Morgan fingerprint density at radius 3 is 1.75 bits per heavy atom. The van der Waals surface area contributed by atoms with Gasteiger partial charge in [0.05, 0.1) is 0 Å². The third-order valence-electron chi connectivity index (χ3n) is 4.79. The van der Waals surface area contributed by atoms with E-state index in [1.54, 1.807) is 0 Å². The van der Waals surface area contributed by atoms with Crippen LogP contribution >= 0.6 is 0 Å². The van der Waals surface area contributed by atoms with Crippen molar-refractivity contribution in [3.05, 3.63) is 53.4 Å². The Labute approximate surface area is 147 Å². The molecule has 0 aliphatic rings. The van der Waals surface area contributed by atoms with Crippen molar-refractivity contribution < 1.29 is 0 Å². The molecule has 0 aromatic carbocycles. The van der Waals surface area contributed by atoms with E-state index in [1.165, 1.54) is 16.8 Å². The fourth-order valence-corrected chi connectivity index (χ4v) is 2.76. The Hall–Kier alpha value is -1.77. The van der Waals surface area contributed by atoms with Gasteiger partial charge in [-0.15, -0.1) is 0 Å². The molecule has 0 fully saturated rings. The van der Waals surface area contributed by atoms with Crippen LogP contribution in [0.15, 0.2) is 30.7 Å². The SMILES string of the molecule is CC(C)c1ccc(C(C)CCC(C)c2cnc(C(C)C)nc2)nc1. The lowest BCUT2D eigenvalue weighted by atomic mass is 9.92. The molecule has 0 aliphatic carbocycles. The lowest BCUT2D eigenvalue weighted by Crippen LogP contribution is -2.04. The first kappa shape index (κ1) is 18.6. The molecule has 2 atom stereocenters. The van der Waals surface area contributed by atoms with Gasteiger partial charge in [0.2, 0.25) is 0 Å². The highest BCUT2D eigenvalue weighted by Gasteiger charge is 2.13. The molecule has 0 saturated carbocycles. The summed E-state index contributed by atoms with van der Waals surface area (Å²) in [4.78, 5) is 13.6. The predicted octanol–water partition coefficient (Wildman–Crippen LogP) is 5.81. The van der Waals surface area contributed by atoms with Crippen LogP contribution in [0.1, 0.15) is 101 Å². The van der Waals surface area contributed by atoms with E-state index in [1.807, 2.05) is 18.6 Å². The minimum absolute atomic E-state index is 0.384. The van der Waals surface area contributed by atoms with E-state index >= 15 is 0 Å². The molecule has 0 saturated heterocycles. The molecule has 0 radical (unpaired) electrons. The van der Waals surface area contributed by atoms with Crippen molar-refractivity contribution in [2.24, 2.45) is 0 Å². The molecule has 2 unspecified atom stereocenters. The average Bonchev–Trinajstić information content (AvgIpc) is 2.59. The van der Waals surface area contributed by atoms with Gasteiger partial charge in [0.15, 0.2) is 0 Å². The Morgan fingerprint density at radius 2 is 1.25 bits per heavy atom. The van der Waals surface area contributed by atoms with Crippen LogP contribution in [0.3, 0.4) is 0 Å². The van der Waals surface area contributed by atoms with Crippen LogP contribution in [-0.2, 0) is 0 Å². The van der Waals surface area contributed by atoms with Crippen LogP contribution in [0.5, 0.6) is 0 Å². The van der Waals surface area contributed by atoms with Crippen LogP contribution in [0.2, 0.25) is 0 Å². The Bertz CT molecular complexity index is 557. The van der Waals surface area contributed by atoms with Gasteiger partial charge < -0.3 is 0 Å². The number of rotatable bonds is 7. The fraction of sp³-hybridized carbons (Fsp3) is 0.571. The summed E-state index contributed by atoms with van der Waals surface area (Å²) >= 11 is 0. The highest BCUT2D eigenvalue weighted by atomic mass is 14.9. The summed E-state index contributed by atoms with van der Waals surface area (Å²) in [7, 11) is 0. The van der Waals surface area contributed by atoms with Gasteiger partial charge in [0.25, 0.3) is 0 Å². The molecule has 2 aromatic heterocycles. The minimum Gasteiger partial charge on any atom is -0.261 e. The summed E-state index contributed by atoms with van der Waals surface area (Å²) in [5.41, 5.74) is 3.73. The standard InChI is InChI=1S/C21H31N3/c1-14(2)18-9-10-20(22-11-18)17(6)8-7-16(5)19-12-23-21(15(3)4)24-13-19/h9-17H,7-8H2,1-6H3. The van der Waals surface area contributed by atoms with Crippen molar-refractivity contribution >= 4 is 0 Å². The molecule has 2 rings (SSSR count). The van der Waals surface area contributed by atoms with Gasteiger partial charge >= 0.3 is 0 Å². The molecule has 0 amide bonds. The summed E-state index contributed by atoms with van der Waals surface area (Å²) in [6, 6.07) is 4.40. The first-order chi connectivity index (χ1) is 11.4. The zero-order chi connectivity index (χ0) is 17.7. The third-order valence-corrected chi connectivity index (χ3v) is 4.79. The Balaban J connectivity index is 1.91. The van der Waals surface area contributed by atoms with Gasteiger partial charge in [-0.1, -0.05) is 47.6 Å². The van der Waals surface area contributed by atoms with Crippen LogP contribution in [0.4, 0.5) is 0 Å². The van der Waals surface area contributed by atoms with Gasteiger partial charge in [-0.05, 0) is 47.8 Å². The topological polar surface area (TPSA) is 38.7 Å². The number of hydrogen-bond acceptors (Lipinski definition) is 3. The number of nitrogens with zero attached hydrogens (tertiary/aromatic N) is 3. The van der Waals surface area contributed by atoms with Crippen LogP contribution in [0, 0.1) is 0 Å². The van der Waals surface area contributed by atoms with Crippen molar-refractivity contribution in [1.29, 1.82) is 0 Å². The maximum Gasteiger partial charge on any atom is 0.130 e. The summed E-state index contributed by atoms with van der Waals surface area (Å²) in [6.45, 7) is 13.2. The van der Waals surface area contributed by atoms with Crippen molar-refractivity contribution in [1.82, 2.24) is 15.0 Å². The van der Waals surface area contributed by atoms with Gasteiger partial charge in [-0.3, -0.25) is 4.98 Å². The van der Waals surface area contributed by atoms with E-state index in [4.69, 9.17) is 0 Å². The van der Waals surface area contributed by atoms with Gasteiger partial charge in [-0.25, -0.2) is 9.97 Å². The molecule has 2 aromatic rings. The van der Waals surface area contributed by atoms with Crippen LogP contribution < -0.4 is 0 Å². The van der Waals surface area contributed by atoms with E-state index in [-0.39, 0.29) is 0 Å². The van der Waals surface area contributed by atoms with Crippen molar-refractivity contribution in [2.45, 2.75) is 78.1 Å². The van der Waals surface area contributed by atoms with Crippen LogP contribution in [0.25, 0.3) is 0 Å². The van der Waals surface area contributed by atoms with E-state index in [9.17, 15) is 0 Å². The summed E-state index contributed by atoms with van der Waals surface area (Å²) in [5.74, 6) is 2.80. The Morgan fingerprint density at radius 1 is 0.667 bits per heavy atom. The van der Waals surface area contributed by atoms with Gasteiger partial charge in [-0.2, -0.15) is 0 Å². The molecule has 3 nitrogen and oxygen atoms in total. The molecular formula is C21H31N3. The second kappa shape index (κ2) is 8.36. The largest absolute Gasteiger partial charge is 0.261 e. The zero-order valence-corrected chi connectivity index (χ0v) is 16.0. The lowest BCUT2D eigenvalue weighted by molar-refractivity contribution is 0.561. The van der Waals surface area contributed by atoms with Gasteiger partial charge in [0.1, 0.15) is 5.82 Å². The second-order valence-corrected chi connectivity index (χ2v) is 7.58.